The van der Waals surface area contributed by atoms with E-state index in [-0.39, 0.29) is 18.1 Å². The molecular weight excluding hydrogens is 298 g/mol. The molecule has 4 N–H and O–H groups in total. The molecular formula is C16H25N3O4. The molecule has 23 heavy (non-hydrogen) atoms. The first-order valence-electron chi connectivity index (χ1n) is 8.39. The van der Waals surface area contributed by atoms with E-state index in [9.17, 15) is 14.4 Å². The van der Waals surface area contributed by atoms with Gasteiger partial charge >= 0.3 is 12.0 Å². The molecule has 128 valence electrons. The quantitative estimate of drug-likeness (QED) is 0.646. The number of ether oxygens (including phenoxy) is 1. The van der Waals surface area contributed by atoms with Gasteiger partial charge in [0, 0.05) is 5.54 Å². The molecule has 1 atom stereocenters. The zero-order valence-electron chi connectivity index (χ0n) is 13.5. The Morgan fingerprint density at radius 2 is 1.65 bits per heavy atom. The molecule has 0 heterocycles. The minimum atomic E-state index is -0.861. The number of hydrogen-bond acceptors (Lipinski definition) is 4. The number of nitrogens with two attached hydrogens (primary N) is 1. The Kier molecular flexibility index (Phi) is 4.21. The van der Waals surface area contributed by atoms with Gasteiger partial charge in [0.1, 0.15) is 6.04 Å². The first-order chi connectivity index (χ1) is 10.8. The molecule has 0 aromatic rings. The van der Waals surface area contributed by atoms with Gasteiger partial charge in [0.25, 0.3) is 5.91 Å². The van der Waals surface area contributed by atoms with Crippen LogP contribution in [0.15, 0.2) is 0 Å². The Bertz CT molecular complexity index is 484. The Labute approximate surface area is 135 Å². The molecule has 4 fully saturated rings. The minimum absolute atomic E-state index is 0.0880. The van der Waals surface area contributed by atoms with E-state index in [1.807, 2.05) is 0 Å². The van der Waals surface area contributed by atoms with Crippen LogP contribution in [-0.2, 0) is 14.3 Å². The van der Waals surface area contributed by atoms with E-state index in [1.165, 1.54) is 26.2 Å². The second kappa shape index (κ2) is 6.02. The Balaban J connectivity index is 1.48. The fourth-order valence-corrected chi connectivity index (χ4v) is 5.13. The van der Waals surface area contributed by atoms with Gasteiger partial charge in [0.15, 0.2) is 6.61 Å². The van der Waals surface area contributed by atoms with Crippen LogP contribution < -0.4 is 16.4 Å². The Morgan fingerprint density at radius 3 is 2.13 bits per heavy atom. The average Bonchev–Trinajstić information content (AvgIpc) is 2.41. The third-order valence-electron chi connectivity index (χ3n) is 5.50. The van der Waals surface area contributed by atoms with E-state index in [0.29, 0.717) is 0 Å². The predicted octanol–water partition coefficient (Wildman–Crippen LogP) is 0.671. The number of amides is 3. The molecule has 0 aromatic heterocycles. The maximum absolute atomic E-state index is 12.2. The van der Waals surface area contributed by atoms with Crippen LogP contribution >= 0.6 is 0 Å². The van der Waals surface area contributed by atoms with Crippen molar-refractivity contribution in [3.63, 3.8) is 0 Å². The van der Waals surface area contributed by atoms with Crippen molar-refractivity contribution in [2.45, 2.75) is 57.0 Å². The van der Waals surface area contributed by atoms with Crippen LogP contribution in [0, 0.1) is 17.8 Å². The smallest absolute Gasteiger partial charge is 0.328 e. The SMILES string of the molecule is C[C@H](NC(N)=O)C(=O)OCC(=O)NC12CC3CC(CC(C3)C1)C2. The van der Waals surface area contributed by atoms with Crippen molar-refractivity contribution in [2.75, 3.05) is 6.61 Å². The molecule has 4 rings (SSSR count). The van der Waals surface area contributed by atoms with Crippen LogP contribution in [0.2, 0.25) is 0 Å². The van der Waals surface area contributed by atoms with Crippen molar-refractivity contribution in [3.05, 3.63) is 0 Å². The van der Waals surface area contributed by atoms with Crippen molar-refractivity contribution in [1.29, 1.82) is 0 Å². The van der Waals surface area contributed by atoms with Crippen LogP contribution in [0.5, 0.6) is 0 Å². The first kappa shape index (κ1) is 16.1. The lowest BCUT2D eigenvalue weighted by Crippen LogP contribution is -2.60. The fourth-order valence-electron chi connectivity index (χ4n) is 5.13. The van der Waals surface area contributed by atoms with Gasteiger partial charge in [0.2, 0.25) is 0 Å². The summed E-state index contributed by atoms with van der Waals surface area (Å²) >= 11 is 0. The number of carbonyl (C=O) groups excluding carboxylic acids is 3. The lowest BCUT2D eigenvalue weighted by Gasteiger charge is -2.56. The molecule has 7 nitrogen and oxygen atoms in total. The normalized spacial score (nSPS) is 35.4. The molecule has 4 aliphatic rings. The van der Waals surface area contributed by atoms with Crippen molar-refractivity contribution in [3.8, 4) is 0 Å². The van der Waals surface area contributed by atoms with Gasteiger partial charge < -0.3 is 21.1 Å². The minimum Gasteiger partial charge on any atom is -0.454 e. The molecule has 7 heteroatoms. The maximum Gasteiger partial charge on any atom is 0.328 e. The predicted molar refractivity (Wildman–Crippen MR) is 82.2 cm³/mol. The largest absolute Gasteiger partial charge is 0.454 e. The van der Waals surface area contributed by atoms with Gasteiger partial charge in [-0.05, 0) is 63.2 Å². The van der Waals surface area contributed by atoms with Gasteiger partial charge in [-0.1, -0.05) is 0 Å². The van der Waals surface area contributed by atoms with Crippen molar-refractivity contribution < 1.29 is 19.1 Å². The van der Waals surface area contributed by atoms with E-state index in [4.69, 9.17) is 10.5 Å². The summed E-state index contributed by atoms with van der Waals surface area (Å²) in [5.41, 5.74) is 4.86. The molecule has 0 aliphatic heterocycles. The van der Waals surface area contributed by atoms with E-state index >= 15 is 0 Å². The van der Waals surface area contributed by atoms with Gasteiger partial charge in [-0.2, -0.15) is 0 Å². The molecule has 0 saturated heterocycles. The topological polar surface area (TPSA) is 111 Å². The van der Waals surface area contributed by atoms with Gasteiger partial charge in [0.05, 0.1) is 0 Å². The van der Waals surface area contributed by atoms with Crippen LogP contribution in [-0.4, -0.2) is 36.1 Å². The summed E-state index contributed by atoms with van der Waals surface area (Å²) in [6.45, 7) is 1.15. The summed E-state index contributed by atoms with van der Waals surface area (Å²) in [4.78, 5) is 34.5. The molecule has 4 bridgehead atoms. The second-order valence-electron chi connectivity index (χ2n) is 7.58. The van der Waals surface area contributed by atoms with E-state index in [0.717, 1.165) is 37.0 Å². The van der Waals surface area contributed by atoms with E-state index in [2.05, 4.69) is 10.6 Å². The van der Waals surface area contributed by atoms with Gasteiger partial charge in [-0.15, -0.1) is 0 Å². The van der Waals surface area contributed by atoms with Crippen LogP contribution in [0.4, 0.5) is 4.79 Å². The highest BCUT2D eigenvalue weighted by molar-refractivity contribution is 5.85. The average molecular weight is 323 g/mol. The lowest BCUT2D eigenvalue weighted by molar-refractivity contribution is -0.151. The number of hydrogen-bond donors (Lipinski definition) is 3. The maximum atomic E-state index is 12.2. The number of urea groups is 1. The third-order valence-corrected chi connectivity index (χ3v) is 5.50. The second-order valence-corrected chi connectivity index (χ2v) is 7.58. The standard InChI is InChI=1S/C16H25N3O4/c1-9(18-15(17)22)14(21)23-8-13(20)19-16-5-10-2-11(6-16)4-12(3-10)7-16/h9-12H,2-8H2,1H3,(H,19,20)(H3,17,18,22)/t9-,10?,11?,12?,16?/m0/s1. The Morgan fingerprint density at radius 1 is 1.13 bits per heavy atom. The van der Waals surface area contributed by atoms with E-state index < -0.39 is 18.0 Å². The van der Waals surface area contributed by atoms with Crippen molar-refractivity contribution in [2.24, 2.45) is 23.5 Å². The first-order valence-corrected chi connectivity index (χ1v) is 8.39. The lowest BCUT2D eigenvalue weighted by atomic mass is 9.53. The number of primary amides is 1. The number of rotatable bonds is 5. The molecule has 0 spiro atoms. The van der Waals surface area contributed by atoms with Gasteiger partial charge in [-0.25, -0.2) is 9.59 Å². The highest BCUT2D eigenvalue weighted by Gasteiger charge is 2.51. The molecule has 4 saturated carbocycles. The molecule has 0 unspecified atom stereocenters. The summed E-state index contributed by atoms with van der Waals surface area (Å²) in [7, 11) is 0. The molecule has 0 radical (unpaired) electrons. The van der Waals surface area contributed by atoms with Gasteiger partial charge in [-0.3, -0.25) is 4.79 Å². The number of esters is 1. The highest BCUT2D eigenvalue weighted by atomic mass is 16.5. The fraction of sp³-hybridized carbons (Fsp3) is 0.812. The summed E-state index contributed by atoms with van der Waals surface area (Å²) in [5.74, 6) is 1.30. The Hall–Kier alpha value is -1.79. The van der Waals surface area contributed by atoms with Crippen molar-refractivity contribution in [1.82, 2.24) is 10.6 Å². The molecule has 3 amide bonds. The van der Waals surface area contributed by atoms with Crippen LogP contribution in [0.25, 0.3) is 0 Å². The zero-order chi connectivity index (χ0) is 16.6. The summed E-state index contributed by atoms with van der Waals surface area (Å²) < 4.78 is 4.96. The zero-order valence-corrected chi connectivity index (χ0v) is 13.5. The van der Waals surface area contributed by atoms with E-state index in [1.54, 1.807) is 0 Å². The monoisotopic (exact) mass is 323 g/mol. The number of nitrogens with one attached hydrogen (secondary N) is 2. The van der Waals surface area contributed by atoms with Crippen LogP contribution in [0.1, 0.15) is 45.4 Å². The molecule has 0 aromatic carbocycles. The summed E-state index contributed by atoms with van der Waals surface area (Å²) in [6.07, 6.45) is 7.08. The number of carbonyl (C=O) groups is 3. The molecule has 4 aliphatic carbocycles. The third kappa shape index (κ3) is 3.59. The summed E-state index contributed by atoms with van der Waals surface area (Å²) in [6, 6.07) is -1.66. The highest BCUT2D eigenvalue weighted by Crippen LogP contribution is 2.55. The summed E-state index contributed by atoms with van der Waals surface area (Å²) in [5, 5.41) is 5.36. The van der Waals surface area contributed by atoms with Crippen molar-refractivity contribution >= 4 is 17.9 Å². The van der Waals surface area contributed by atoms with Crippen LogP contribution in [0.3, 0.4) is 0 Å².